The average Bonchev–Trinajstić information content (AvgIpc) is 2.38. The first-order chi connectivity index (χ1) is 8.88. The lowest BCUT2D eigenvalue weighted by Crippen LogP contribution is -1.97. The van der Waals surface area contributed by atoms with Crippen LogP contribution >= 0.6 is 0 Å². The van der Waals surface area contributed by atoms with Crippen molar-refractivity contribution in [1.82, 2.24) is 0 Å². The minimum absolute atomic E-state index is 0.179. The summed E-state index contributed by atoms with van der Waals surface area (Å²) in [6.45, 7) is 0. The van der Waals surface area contributed by atoms with Crippen LogP contribution in [0.2, 0.25) is 0 Å². The van der Waals surface area contributed by atoms with E-state index in [0.717, 1.165) is 11.1 Å². The highest BCUT2D eigenvalue weighted by atomic mass is 32.2. The zero-order valence-corrected chi connectivity index (χ0v) is 10.5. The first kappa shape index (κ1) is 13.3. The fourth-order valence-corrected chi connectivity index (χ4v) is 2.10. The van der Waals surface area contributed by atoms with E-state index in [9.17, 15) is 13.2 Å². The monoisotopic (exact) mass is 278 g/mol. The van der Waals surface area contributed by atoms with Gasteiger partial charge in [0.1, 0.15) is 0 Å². The first-order valence-corrected chi connectivity index (χ1v) is 6.73. The van der Waals surface area contributed by atoms with Crippen LogP contribution in [0.25, 0.3) is 11.1 Å². The summed E-state index contributed by atoms with van der Waals surface area (Å²) in [6.07, 6.45) is 0. The fourth-order valence-electron chi connectivity index (χ4n) is 1.62. The minimum atomic E-state index is -4.20. The Hall–Kier alpha value is -2.18. The molecule has 2 aromatic rings. The highest BCUT2D eigenvalue weighted by Gasteiger charge is 2.09. The van der Waals surface area contributed by atoms with Gasteiger partial charge >= 0.3 is 5.97 Å². The smallest absolute Gasteiger partial charge is 0.335 e. The zero-order chi connectivity index (χ0) is 14.0. The van der Waals surface area contributed by atoms with Crippen molar-refractivity contribution in [3.8, 4) is 11.1 Å². The molecule has 5 nitrogen and oxygen atoms in total. The molecule has 0 aliphatic rings. The van der Waals surface area contributed by atoms with Gasteiger partial charge in [-0.05, 0) is 35.4 Å². The van der Waals surface area contributed by atoms with Gasteiger partial charge in [-0.1, -0.05) is 24.3 Å². The molecule has 0 atom stereocenters. The molecule has 0 bridgehead atoms. The number of carboxylic acids is 1. The topological polar surface area (TPSA) is 91.7 Å². The van der Waals surface area contributed by atoms with Crippen LogP contribution in [0.15, 0.2) is 53.4 Å². The second-order valence-electron chi connectivity index (χ2n) is 3.88. The van der Waals surface area contributed by atoms with Gasteiger partial charge < -0.3 is 5.11 Å². The van der Waals surface area contributed by atoms with Crippen molar-refractivity contribution in [1.29, 1.82) is 0 Å². The lowest BCUT2D eigenvalue weighted by molar-refractivity contribution is 0.0697. The molecule has 0 aromatic heterocycles. The predicted molar refractivity (Wildman–Crippen MR) is 68.7 cm³/mol. The summed E-state index contributed by atoms with van der Waals surface area (Å²) in [5, 5.41) is 8.78. The Morgan fingerprint density at radius 1 is 0.842 bits per heavy atom. The van der Waals surface area contributed by atoms with E-state index in [1.165, 1.54) is 24.3 Å². The maximum Gasteiger partial charge on any atom is 0.335 e. The van der Waals surface area contributed by atoms with Gasteiger partial charge in [-0.2, -0.15) is 8.42 Å². The normalized spacial score (nSPS) is 11.2. The van der Waals surface area contributed by atoms with Crippen LogP contribution < -0.4 is 0 Å². The van der Waals surface area contributed by atoms with Gasteiger partial charge in [0, 0.05) is 0 Å². The summed E-state index contributed by atoms with van der Waals surface area (Å²) in [5.41, 5.74) is 1.66. The number of hydrogen-bond donors (Lipinski definition) is 2. The second-order valence-corrected chi connectivity index (χ2v) is 5.30. The molecule has 0 spiro atoms. The van der Waals surface area contributed by atoms with Crippen LogP contribution in [0.3, 0.4) is 0 Å². The molecule has 0 radical (unpaired) electrons. The third kappa shape index (κ3) is 2.98. The molecule has 2 aromatic carbocycles. The van der Waals surface area contributed by atoms with Gasteiger partial charge in [-0.3, -0.25) is 4.55 Å². The van der Waals surface area contributed by atoms with E-state index in [1.54, 1.807) is 24.3 Å². The van der Waals surface area contributed by atoms with Crippen molar-refractivity contribution in [3.05, 3.63) is 54.1 Å². The Bertz CT molecular complexity index is 700. The molecule has 0 heterocycles. The predicted octanol–water partition coefficient (Wildman–Crippen LogP) is 2.30. The minimum Gasteiger partial charge on any atom is -0.478 e. The number of hydrogen-bond acceptors (Lipinski definition) is 3. The Kier molecular flexibility index (Phi) is 3.37. The van der Waals surface area contributed by atoms with Crippen LogP contribution in [0.5, 0.6) is 0 Å². The summed E-state index contributed by atoms with van der Waals surface area (Å²) in [6, 6.07) is 11.9. The number of carbonyl (C=O) groups is 1. The fraction of sp³-hybridized carbons (Fsp3) is 0. The standard InChI is InChI=1S/C13H10O5S/c14-13(15)11-3-1-9(2-4-11)10-5-7-12(8-6-10)19(16,17)18/h1-8H,(H,14,15)(H,16,17,18). The van der Waals surface area contributed by atoms with E-state index in [1.807, 2.05) is 0 Å². The third-order valence-corrected chi connectivity index (χ3v) is 3.49. The maximum atomic E-state index is 10.9. The Morgan fingerprint density at radius 3 is 1.63 bits per heavy atom. The third-order valence-electron chi connectivity index (χ3n) is 2.62. The number of carboxylic acid groups (broad SMARTS) is 1. The molecule has 98 valence electrons. The molecule has 0 amide bonds. The quantitative estimate of drug-likeness (QED) is 0.840. The maximum absolute atomic E-state index is 10.9. The molecule has 0 aliphatic carbocycles. The molecule has 0 unspecified atom stereocenters. The Labute approximate surface area is 109 Å². The van der Waals surface area contributed by atoms with Gasteiger partial charge in [0.2, 0.25) is 0 Å². The lowest BCUT2D eigenvalue weighted by atomic mass is 10.0. The number of rotatable bonds is 3. The Morgan fingerprint density at radius 2 is 1.26 bits per heavy atom. The molecule has 0 aliphatic heterocycles. The van der Waals surface area contributed by atoms with E-state index < -0.39 is 16.1 Å². The highest BCUT2D eigenvalue weighted by molar-refractivity contribution is 7.85. The van der Waals surface area contributed by atoms with Gasteiger partial charge in [0.05, 0.1) is 10.5 Å². The van der Waals surface area contributed by atoms with Gasteiger partial charge in [-0.15, -0.1) is 0 Å². The molecule has 0 fully saturated rings. The molecule has 2 N–H and O–H groups in total. The summed E-state index contributed by atoms with van der Waals surface area (Å²) in [5.74, 6) is -1.01. The van der Waals surface area contributed by atoms with Crippen molar-refractivity contribution in [2.45, 2.75) is 4.90 Å². The molecule has 6 heteroatoms. The van der Waals surface area contributed by atoms with Crippen LogP contribution in [0.1, 0.15) is 10.4 Å². The van der Waals surface area contributed by atoms with E-state index in [2.05, 4.69) is 0 Å². The molecule has 19 heavy (non-hydrogen) atoms. The number of benzene rings is 2. The molecule has 2 rings (SSSR count). The van der Waals surface area contributed by atoms with E-state index >= 15 is 0 Å². The molecule has 0 saturated heterocycles. The Balaban J connectivity index is 2.35. The van der Waals surface area contributed by atoms with Crippen LogP contribution in [-0.2, 0) is 10.1 Å². The summed E-state index contributed by atoms with van der Waals surface area (Å²) >= 11 is 0. The number of aromatic carboxylic acids is 1. The van der Waals surface area contributed by atoms with Crippen molar-refractivity contribution in [3.63, 3.8) is 0 Å². The summed E-state index contributed by atoms with van der Waals surface area (Å²) in [7, 11) is -4.20. The van der Waals surface area contributed by atoms with E-state index in [0.29, 0.717) is 0 Å². The molecular weight excluding hydrogens is 268 g/mol. The van der Waals surface area contributed by atoms with Gasteiger partial charge in [0.25, 0.3) is 10.1 Å². The lowest BCUT2D eigenvalue weighted by Gasteiger charge is -2.03. The van der Waals surface area contributed by atoms with E-state index in [-0.39, 0.29) is 10.5 Å². The molecule has 0 saturated carbocycles. The summed E-state index contributed by atoms with van der Waals surface area (Å²) in [4.78, 5) is 10.5. The zero-order valence-electron chi connectivity index (χ0n) is 9.65. The van der Waals surface area contributed by atoms with Crippen molar-refractivity contribution >= 4 is 16.1 Å². The summed E-state index contributed by atoms with van der Waals surface area (Å²) < 4.78 is 30.6. The van der Waals surface area contributed by atoms with Crippen LogP contribution in [0, 0.1) is 0 Å². The van der Waals surface area contributed by atoms with Crippen molar-refractivity contribution < 1.29 is 22.9 Å². The first-order valence-electron chi connectivity index (χ1n) is 5.29. The van der Waals surface area contributed by atoms with Crippen molar-refractivity contribution in [2.24, 2.45) is 0 Å². The van der Waals surface area contributed by atoms with Crippen molar-refractivity contribution in [2.75, 3.05) is 0 Å². The van der Waals surface area contributed by atoms with Crippen LogP contribution in [0.4, 0.5) is 0 Å². The van der Waals surface area contributed by atoms with E-state index in [4.69, 9.17) is 9.66 Å². The highest BCUT2D eigenvalue weighted by Crippen LogP contribution is 2.21. The second kappa shape index (κ2) is 4.83. The largest absolute Gasteiger partial charge is 0.478 e. The van der Waals surface area contributed by atoms with Crippen LogP contribution in [-0.4, -0.2) is 24.0 Å². The van der Waals surface area contributed by atoms with Gasteiger partial charge in [-0.25, -0.2) is 4.79 Å². The SMILES string of the molecule is O=C(O)c1ccc(-c2ccc(S(=O)(=O)O)cc2)cc1. The molecular formula is C13H10O5S. The van der Waals surface area contributed by atoms with Gasteiger partial charge in [0.15, 0.2) is 0 Å². The average molecular weight is 278 g/mol.